The van der Waals surface area contributed by atoms with Gasteiger partial charge in [-0.15, -0.1) is 0 Å². The van der Waals surface area contributed by atoms with Gasteiger partial charge in [-0.05, 0) is 36.4 Å². The van der Waals surface area contributed by atoms with Gasteiger partial charge in [-0.2, -0.15) is 4.98 Å². The molecule has 0 aliphatic carbocycles. The van der Waals surface area contributed by atoms with Gasteiger partial charge in [0.05, 0.1) is 5.56 Å². The third-order valence-corrected chi connectivity index (χ3v) is 3.68. The van der Waals surface area contributed by atoms with Gasteiger partial charge >= 0.3 is 5.69 Å². The molecule has 0 saturated carbocycles. The standard InChI is InChI=1S/C14H7BrClF2N3O/c15-7-1-3-9(10(17)5-7)13-19-14(22)20-21(13)12-4-2-8(16)6-11(12)18/h1-6H,(H,20,22). The molecule has 8 heteroatoms. The first-order chi connectivity index (χ1) is 10.5. The average molecular weight is 387 g/mol. The molecule has 0 atom stereocenters. The number of nitrogens with one attached hydrogen (secondary N) is 1. The summed E-state index contributed by atoms with van der Waals surface area (Å²) in [4.78, 5) is 15.3. The summed E-state index contributed by atoms with van der Waals surface area (Å²) in [6.07, 6.45) is 0. The molecule has 22 heavy (non-hydrogen) atoms. The summed E-state index contributed by atoms with van der Waals surface area (Å²) in [6, 6.07) is 8.20. The number of nitrogens with zero attached hydrogens (tertiary/aromatic N) is 2. The number of H-pyrrole nitrogens is 1. The minimum Gasteiger partial charge on any atom is -0.244 e. The summed E-state index contributed by atoms with van der Waals surface area (Å²) >= 11 is 8.85. The molecule has 1 heterocycles. The van der Waals surface area contributed by atoms with E-state index in [1.165, 1.54) is 24.3 Å². The molecule has 0 radical (unpaired) electrons. The van der Waals surface area contributed by atoms with Crippen LogP contribution in [0, 0.1) is 11.6 Å². The third-order valence-electron chi connectivity index (χ3n) is 2.95. The molecular weight excluding hydrogens is 380 g/mol. The first-order valence-electron chi connectivity index (χ1n) is 6.05. The summed E-state index contributed by atoms with van der Waals surface area (Å²) in [5.74, 6) is -1.29. The second-order valence-electron chi connectivity index (χ2n) is 4.41. The van der Waals surface area contributed by atoms with Gasteiger partial charge in [0.1, 0.15) is 17.3 Å². The molecule has 112 valence electrons. The van der Waals surface area contributed by atoms with Crippen molar-refractivity contribution in [2.75, 3.05) is 0 Å². The molecule has 0 fully saturated rings. The lowest BCUT2D eigenvalue weighted by Gasteiger charge is -2.09. The Labute approximate surface area is 136 Å². The van der Waals surface area contributed by atoms with Crippen molar-refractivity contribution in [1.29, 1.82) is 0 Å². The maximum Gasteiger partial charge on any atom is 0.362 e. The van der Waals surface area contributed by atoms with Crippen LogP contribution >= 0.6 is 27.5 Å². The summed E-state index contributed by atoms with van der Waals surface area (Å²) in [5, 5.41) is 2.56. The predicted molar refractivity (Wildman–Crippen MR) is 82.2 cm³/mol. The molecule has 2 aromatic carbocycles. The van der Waals surface area contributed by atoms with E-state index in [0.29, 0.717) is 4.47 Å². The van der Waals surface area contributed by atoms with Crippen molar-refractivity contribution in [3.05, 3.63) is 68.0 Å². The zero-order valence-electron chi connectivity index (χ0n) is 10.8. The molecule has 3 aromatic rings. The molecule has 0 unspecified atom stereocenters. The average Bonchev–Trinajstić information content (AvgIpc) is 2.80. The van der Waals surface area contributed by atoms with Crippen LogP contribution < -0.4 is 5.69 Å². The molecule has 0 amide bonds. The fourth-order valence-electron chi connectivity index (χ4n) is 2.01. The molecule has 1 aromatic heterocycles. The molecule has 0 aliphatic rings. The number of hydrogen-bond acceptors (Lipinski definition) is 2. The summed E-state index contributed by atoms with van der Waals surface area (Å²) < 4.78 is 29.8. The quantitative estimate of drug-likeness (QED) is 0.726. The Morgan fingerprint density at radius 1 is 1.14 bits per heavy atom. The van der Waals surface area contributed by atoms with Crippen LogP contribution in [0.15, 0.2) is 45.7 Å². The number of rotatable bonds is 2. The highest BCUT2D eigenvalue weighted by Gasteiger charge is 2.17. The van der Waals surface area contributed by atoms with Crippen molar-refractivity contribution in [2.24, 2.45) is 0 Å². The van der Waals surface area contributed by atoms with Crippen LogP contribution in [0.4, 0.5) is 8.78 Å². The number of halogens is 4. The molecule has 0 saturated heterocycles. The van der Waals surface area contributed by atoms with Crippen LogP contribution in [-0.2, 0) is 0 Å². The summed E-state index contributed by atoms with van der Waals surface area (Å²) in [6.45, 7) is 0. The topological polar surface area (TPSA) is 50.7 Å². The fraction of sp³-hybridized carbons (Fsp3) is 0. The van der Waals surface area contributed by atoms with E-state index in [-0.39, 0.29) is 22.1 Å². The smallest absolute Gasteiger partial charge is 0.244 e. The van der Waals surface area contributed by atoms with Crippen LogP contribution in [0.3, 0.4) is 0 Å². The highest BCUT2D eigenvalue weighted by Crippen LogP contribution is 2.26. The van der Waals surface area contributed by atoms with E-state index in [1.807, 2.05) is 0 Å². The van der Waals surface area contributed by atoms with Crippen LogP contribution in [0.25, 0.3) is 17.1 Å². The van der Waals surface area contributed by atoms with Crippen molar-refractivity contribution in [3.63, 3.8) is 0 Å². The highest BCUT2D eigenvalue weighted by atomic mass is 79.9. The molecule has 1 N–H and O–H groups in total. The lowest BCUT2D eigenvalue weighted by atomic mass is 10.2. The Bertz CT molecular complexity index is 851. The van der Waals surface area contributed by atoms with Gasteiger partial charge in [-0.1, -0.05) is 27.5 Å². The monoisotopic (exact) mass is 385 g/mol. The molecule has 0 aliphatic heterocycles. The van der Waals surface area contributed by atoms with Crippen LogP contribution in [-0.4, -0.2) is 14.8 Å². The van der Waals surface area contributed by atoms with E-state index in [2.05, 4.69) is 26.0 Å². The van der Waals surface area contributed by atoms with Gasteiger partial charge in [0.2, 0.25) is 0 Å². The molecular formula is C14H7BrClF2N3O. The van der Waals surface area contributed by atoms with Crippen molar-refractivity contribution in [3.8, 4) is 17.1 Å². The highest BCUT2D eigenvalue weighted by molar-refractivity contribution is 9.10. The fourth-order valence-corrected chi connectivity index (χ4v) is 2.50. The second-order valence-corrected chi connectivity index (χ2v) is 5.76. The third kappa shape index (κ3) is 2.69. The van der Waals surface area contributed by atoms with Crippen molar-refractivity contribution < 1.29 is 8.78 Å². The number of benzene rings is 2. The van der Waals surface area contributed by atoms with Gasteiger partial charge < -0.3 is 0 Å². The van der Waals surface area contributed by atoms with Gasteiger partial charge in [0.15, 0.2) is 5.82 Å². The molecule has 0 spiro atoms. The van der Waals surface area contributed by atoms with E-state index >= 15 is 0 Å². The Morgan fingerprint density at radius 3 is 2.59 bits per heavy atom. The van der Waals surface area contributed by atoms with E-state index in [4.69, 9.17) is 11.6 Å². The van der Waals surface area contributed by atoms with Crippen molar-refractivity contribution in [1.82, 2.24) is 14.8 Å². The molecule has 4 nitrogen and oxygen atoms in total. The normalized spacial score (nSPS) is 10.9. The zero-order chi connectivity index (χ0) is 15.9. The lowest BCUT2D eigenvalue weighted by molar-refractivity contribution is 0.608. The number of aromatic nitrogens is 3. The number of hydrogen-bond donors (Lipinski definition) is 1. The second kappa shape index (κ2) is 5.66. The minimum atomic E-state index is -0.716. The zero-order valence-corrected chi connectivity index (χ0v) is 13.1. The minimum absolute atomic E-state index is 0.0105. The lowest BCUT2D eigenvalue weighted by Crippen LogP contribution is -2.06. The maximum absolute atomic E-state index is 14.1. The molecule has 0 bridgehead atoms. The van der Waals surface area contributed by atoms with Gasteiger partial charge in [0.25, 0.3) is 0 Å². The Balaban J connectivity index is 2.24. The Morgan fingerprint density at radius 2 is 1.91 bits per heavy atom. The Kier molecular flexibility index (Phi) is 3.84. The SMILES string of the molecule is O=c1nc(-c2ccc(Br)cc2F)n(-c2ccc(Cl)cc2F)[nH]1. The Hall–Kier alpha value is -1.99. The van der Waals surface area contributed by atoms with Crippen LogP contribution in [0.2, 0.25) is 5.02 Å². The largest absolute Gasteiger partial charge is 0.362 e. The van der Waals surface area contributed by atoms with Crippen molar-refractivity contribution in [2.45, 2.75) is 0 Å². The van der Waals surface area contributed by atoms with Crippen LogP contribution in [0.5, 0.6) is 0 Å². The number of aromatic amines is 1. The van der Waals surface area contributed by atoms with Gasteiger partial charge in [-0.25, -0.2) is 23.4 Å². The predicted octanol–water partition coefficient (Wildman–Crippen LogP) is 3.92. The first-order valence-corrected chi connectivity index (χ1v) is 7.23. The van der Waals surface area contributed by atoms with E-state index < -0.39 is 17.3 Å². The summed E-state index contributed by atoms with van der Waals surface area (Å²) in [7, 11) is 0. The van der Waals surface area contributed by atoms with E-state index in [1.54, 1.807) is 6.07 Å². The van der Waals surface area contributed by atoms with Crippen molar-refractivity contribution >= 4 is 27.5 Å². The van der Waals surface area contributed by atoms with Gasteiger partial charge in [-0.3, -0.25) is 0 Å². The summed E-state index contributed by atoms with van der Waals surface area (Å²) in [5.41, 5.74) is -0.640. The molecule has 3 rings (SSSR count). The van der Waals surface area contributed by atoms with Gasteiger partial charge in [0, 0.05) is 9.50 Å². The van der Waals surface area contributed by atoms with Crippen LogP contribution in [0.1, 0.15) is 0 Å². The van der Waals surface area contributed by atoms with E-state index in [9.17, 15) is 13.6 Å². The maximum atomic E-state index is 14.1. The van der Waals surface area contributed by atoms with E-state index in [0.717, 1.165) is 10.7 Å². The first kappa shape index (κ1) is 14.9.